The van der Waals surface area contributed by atoms with Crippen LogP contribution in [-0.2, 0) is 6.54 Å². The average molecular weight is 286 g/mol. The molecule has 0 bridgehead atoms. The highest BCUT2D eigenvalue weighted by atomic mass is 16.2. The maximum Gasteiger partial charge on any atom is 0.274 e. The lowest BCUT2D eigenvalue weighted by Gasteiger charge is -2.24. The summed E-state index contributed by atoms with van der Waals surface area (Å²) < 4.78 is 1.83. The van der Waals surface area contributed by atoms with Crippen molar-refractivity contribution in [2.45, 2.75) is 26.4 Å². The predicted octanol–water partition coefficient (Wildman–Crippen LogP) is 1.98. The van der Waals surface area contributed by atoms with Gasteiger partial charge in [0, 0.05) is 26.3 Å². The SMILES string of the molecule is Cc1ccc(C(C)N(C)C(=O)c2cn(CCN)cn2)cc1. The van der Waals surface area contributed by atoms with Crippen LogP contribution in [0, 0.1) is 6.92 Å². The number of nitrogens with two attached hydrogens (primary N) is 1. The normalized spacial score (nSPS) is 12.2. The Morgan fingerprint density at radius 3 is 2.67 bits per heavy atom. The van der Waals surface area contributed by atoms with Crippen molar-refractivity contribution < 1.29 is 4.79 Å². The number of nitrogens with zero attached hydrogens (tertiary/aromatic N) is 3. The zero-order chi connectivity index (χ0) is 15.4. The molecule has 0 aliphatic heterocycles. The van der Waals surface area contributed by atoms with Crippen molar-refractivity contribution in [1.82, 2.24) is 14.5 Å². The second kappa shape index (κ2) is 6.54. The molecule has 2 N–H and O–H groups in total. The molecule has 1 unspecified atom stereocenters. The maximum absolute atomic E-state index is 12.5. The lowest BCUT2D eigenvalue weighted by molar-refractivity contribution is 0.0737. The van der Waals surface area contributed by atoms with Crippen LogP contribution in [0.1, 0.15) is 34.6 Å². The molecule has 1 aromatic carbocycles. The molecule has 0 radical (unpaired) electrons. The van der Waals surface area contributed by atoms with Crippen LogP contribution in [0.2, 0.25) is 0 Å². The van der Waals surface area contributed by atoms with E-state index in [4.69, 9.17) is 5.73 Å². The Morgan fingerprint density at radius 2 is 2.05 bits per heavy atom. The molecule has 1 heterocycles. The van der Waals surface area contributed by atoms with E-state index < -0.39 is 0 Å². The summed E-state index contributed by atoms with van der Waals surface area (Å²) in [7, 11) is 1.80. The Morgan fingerprint density at radius 1 is 1.38 bits per heavy atom. The number of carbonyl (C=O) groups is 1. The molecule has 112 valence electrons. The van der Waals surface area contributed by atoms with Crippen molar-refractivity contribution >= 4 is 5.91 Å². The molecule has 0 spiro atoms. The van der Waals surface area contributed by atoms with E-state index in [1.54, 1.807) is 24.5 Å². The Kier molecular flexibility index (Phi) is 4.75. The van der Waals surface area contributed by atoms with E-state index in [0.717, 1.165) is 5.56 Å². The van der Waals surface area contributed by atoms with Gasteiger partial charge < -0.3 is 15.2 Å². The van der Waals surface area contributed by atoms with E-state index in [0.29, 0.717) is 18.8 Å². The van der Waals surface area contributed by atoms with Crippen LogP contribution in [0.25, 0.3) is 0 Å². The van der Waals surface area contributed by atoms with Crippen molar-refractivity contribution in [3.63, 3.8) is 0 Å². The number of rotatable bonds is 5. The third kappa shape index (κ3) is 3.49. The van der Waals surface area contributed by atoms with Gasteiger partial charge in [0.15, 0.2) is 0 Å². The molecular formula is C16H22N4O. The molecule has 0 aliphatic rings. The monoisotopic (exact) mass is 286 g/mol. The van der Waals surface area contributed by atoms with E-state index in [-0.39, 0.29) is 11.9 Å². The van der Waals surface area contributed by atoms with Gasteiger partial charge in [0.1, 0.15) is 5.69 Å². The largest absolute Gasteiger partial charge is 0.335 e. The van der Waals surface area contributed by atoms with E-state index in [1.165, 1.54) is 5.56 Å². The Balaban J connectivity index is 2.12. The fraction of sp³-hybridized carbons (Fsp3) is 0.375. The molecule has 0 saturated carbocycles. The summed E-state index contributed by atoms with van der Waals surface area (Å²) in [5.74, 6) is -0.0844. The van der Waals surface area contributed by atoms with Gasteiger partial charge in [-0.1, -0.05) is 29.8 Å². The highest BCUT2D eigenvalue weighted by Gasteiger charge is 2.20. The summed E-state index contributed by atoms with van der Waals surface area (Å²) in [4.78, 5) is 18.3. The second-order valence-corrected chi connectivity index (χ2v) is 5.29. The average Bonchev–Trinajstić information content (AvgIpc) is 2.95. The van der Waals surface area contributed by atoms with Crippen LogP contribution < -0.4 is 5.73 Å². The van der Waals surface area contributed by atoms with Gasteiger partial charge in [-0.3, -0.25) is 4.79 Å². The summed E-state index contributed by atoms with van der Waals surface area (Å²) in [6.07, 6.45) is 3.39. The molecule has 5 nitrogen and oxygen atoms in total. The predicted molar refractivity (Wildman–Crippen MR) is 83.0 cm³/mol. The van der Waals surface area contributed by atoms with Crippen molar-refractivity contribution in [1.29, 1.82) is 0 Å². The minimum Gasteiger partial charge on any atom is -0.335 e. The smallest absolute Gasteiger partial charge is 0.274 e. The fourth-order valence-corrected chi connectivity index (χ4v) is 2.17. The lowest BCUT2D eigenvalue weighted by Crippen LogP contribution is -2.30. The first-order chi connectivity index (χ1) is 10.0. The van der Waals surface area contributed by atoms with Gasteiger partial charge in [-0.15, -0.1) is 0 Å². The number of amides is 1. The van der Waals surface area contributed by atoms with Crippen LogP contribution in [0.5, 0.6) is 0 Å². The molecule has 1 aromatic heterocycles. The minimum absolute atomic E-state index is 0.00208. The van der Waals surface area contributed by atoms with Crippen molar-refractivity contribution in [2.24, 2.45) is 5.73 Å². The topological polar surface area (TPSA) is 64.2 Å². The zero-order valence-electron chi connectivity index (χ0n) is 12.8. The number of aromatic nitrogens is 2. The molecule has 1 amide bonds. The van der Waals surface area contributed by atoms with Gasteiger partial charge in [0.2, 0.25) is 0 Å². The van der Waals surface area contributed by atoms with Gasteiger partial charge in [0.05, 0.1) is 12.4 Å². The molecule has 21 heavy (non-hydrogen) atoms. The highest BCUT2D eigenvalue weighted by molar-refractivity contribution is 5.92. The second-order valence-electron chi connectivity index (χ2n) is 5.29. The first-order valence-corrected chi connectivity index (χ1v) is 7.08. The Hall–Kier alpha value is -2.14. The quantitative estimate of drug-likeness (QED) is 0.914. The van der Waals surface area contributed by atoms with Crippen LogP contribution in [0.15, 0.2) is 36.8 Å². The fourth-order valence-electron chi connectivity index (χ4n) is 2.17. The standard InChI is InChI=1S/C16H22N4O/c1-12-4-6-14(7-5-12)13(2)19(3)16(21)15-10-20(9-8-17)11-18-15/h4-7,10-11,13H,8-9,17H2,1-3H3. The minimum atomic E-state index is -0.0844. The summed E-state index contributed by atoms with van der Waals surface area (Å²) in [6, 6.07) is 8.21. The van der Waals surface area contributed by atoms with Crippen LogP contribution in [0.4, 0.5) is 0 Å². The summed E-state index contributed by atoms with van der Waals surface area (Å²) in [6.45, 7) is 5.25. The molecule has 0 saturated heterocycles. The summed E-state index contributed by atoms with van der Waals surface area (Å²) in [5.41, 5.74) is 8.27. The summed E-state index contributed by atoms with van der Waals surface area (Å²) >= 11 is 0. The highest BCUT2D eigenvalue weighted by Crippen LogP contribution is 2.20. The van der Waals surface area contributed by atoms with E-state index >= 15 is 0 Å². The zero-order valence-corrected chi connectivity index (χ0v) is 12.8. The molecule has 0 fully saturated rings. The number of benzene rings is 1. The van der Waals surface area contributed by atoms with Gasteiger partial charge in [-0.2, -0.15) is 0 Å². The van der Waals surface area contributed by atoms with Crippen molar-refractivity contribution in [2.75, 3.05) is 13.6 Å². The molecular weight excluding hydrogens is 264 g/mol. The molecule has 1 atom stereocenters. The molecule has 2 rings (SSSR count). The van der Waals surface area contributed by atoms with Crippen molar-refractivity contribution in [3.05, 3.63) is 53.6 Å². The number of hydrogen-bond donors (Lipinski definition) is 1. The van der Waals surface area contributed by atoms with Crippen LogP contribution in [-0.4, -0.2) is 34.0 Å². The van der Waals surface area contributed by atoms with Gasteiger partial charge in [-0.25, -0.2) is 4.98 Å². The Labute approximate surface area is 125 Å². The Bertz CT molecular complexity index is 603. The third-order valence-electron chi connectivity index (χ3n) is 3.70. The van der Waals surface area contributed by atoms with E-state index in [2.05, 4.69) is 29.2 Å². The number of hydrogen-bond acceptors (Lipinski definition) is 3. The van der Waals surface area contributed by atoms with Gasteiger partial charge >= 0.3 is 0 Å². The van der Waals surface area contributed by atoms with Crippen molar-refractivity contribution in [3.8, 4) is 0 Å². The molecule has 5 heteroatoms. The van der Waals surface area contributed by atoms with Gasteiger partial charge in [0.25, 0.3) is 5.91 Å². The number of imidazole rings is 1. The third-order valence-corrected chi connectivity index (χ3v) is 3.70. The maximum atomic E-state index is 12.5. The van der Waals surface area contributed by atoms with E-state index in [1.807, 2.05) is 18.4 Å². The number of aryl methyl sites for hydroxylation is 1. The molecule has 2 aromatic rings. The van der Waals surface area contributed by atoms with Crippen LogP contribution >= 0.6 is 0 Å². The number of carbonyl (C=O) groups excluding carboxylic acids is 1. The molecule has 0 aliphatic carbocycles. The lowest BCUT2D eigenvalue weighted by atomic mass is 10.1. The first-order valence-electron chi connectivity index (χ1n) is 7.08. The first kappa shape index (κ1) is 15.3. The summed E-state index contributed by atoms with van der Waals surface area (Å²) in [5, 5.41) is 0. The van der Waals surface area contributed by atoms with Gasteiger partial charge in [-0.05, 0) is 19.4 Å². The van der Waals surface area contributed by atoms with E-state index in [9.17, 15) is 4.79 Å². The van der Waals surface area contributed by atoms with Crippen LogP contribution in [0.3, 0.4) is 0 Å².